The van der Waals surface area contributed by atoms with E-state index in [1.165, 1.54) is 12.0 Å². The predicted octanol–water partition coefficient (Wildman–Crippen LogP) is 3.36. The van der Waals surface area contributed by atoms with Gasteiger partial charge >= 0.3 is 0 Å². The molecule has 0 spiro atoms. The summed E-state index contributed by atoms with van der Waals surface area (Å²) in [6.45, 7) is 5.67. The van der Waals surface area contributed by atoms with Crippen LogP contribution in [0.4, 0.5) is 5.69 Å². The third kappa shape index (κ3) is 3.74. The topological polar surface area (TPSA) is 39.9 Å². The number of rotatable bonds is 3. The van der Waals surface area contributed by atoms with Crippen LogP contribution in [-0.4, -0.2) is 61.0 Å². The molecule has 1 unspecified atom stereocenters. The number of nitrogens with zero attached hydrogens (tertiary/aromatic N) is 3. The molecule has 2 saturated heterocycles. The van der Waals surface area contributed by atoms with Gasteiger partial charge in [-0.15, -0.1) is 0 Å². The van der Waals surface area contributed by atoms with Gasteiger partial charge in [-0.1, -0.05) is 17.7 Å². The van der Waals surface area contributed by atoms with Crippen LogP contribution in [0.25, 0.3) is 0 Å². The third-order valence-corrected chi connectivity index (χ3v) is 5.69. The number of furan rings is 1. The van der Waals surface area contributed by atoms with Gasteiger partial charge in [0.15, 0.2) is 0 Å². The normalized spacial score (nSPS) is 21.8. The highest BCUT2D eigenvalue weighted by Gasteiger charge is 2.30. The minimum Gasteiger partial charge on any atom is -0.472 e. The quantitative estimate of drug-likeness (QED) is 0.827. The van der Waals surface area contributed by atoms with Crippen molar-refractivity contribution in [1.82, 2.24) is 9.80 Å². The molecule has 0 saturated carbocycles. The number of hydrogen-bond acceptors (Lipinski definition) is 4. The number of amides is 1. The predicted molar refractivity (Wildman–Crippen MR) is 103 cm³/mol. The summed E-state index contributed by atoms with van der Waals surface area (Å²) in [5.41, 5.74) is 1.84. The van der Waals surface area contributed by atoms with Crippen LogP contribution < -0.4 is 4.90 Å². The Morgan fingerprint density at radius 2 is 1.96 bits per heavy atom. The van der Waals surface area contributed by atoms with Gasteiger partial charge in [-0.3, -0.25) is 9.69 Å². The fraction of sp³-hybridized carbons (Fsp3) is 0.450. The smallest absolute Gasteiger partial charge is 0.257 e. The highest BCUT2D eigenvalue weighted by atomic mass is 35.5. The van der Waals surface area contributed by atoms with E-state index in [9.17, 15) is 4.79 Å². The number of halogens is 1. The van der Waals surface area contributed by atoms with Gasteiger partial charge in [0, 0.05) is 56.0 Å². The molecule has 1 atom stereocenters. The van der Waals surface area contributed by atoms with Crippen LogP contribution in [0.15, 0.2) is 47.3 Å². The number of benzene rings is 1. The Labute approximate surface area is 159 Å². The monoisotopic (exact) mass is 373 g/mol. The van der Waals surface area contributed by atoms with E-state index in [1.54, 1.807) is 12.3 Å². The summed E-state index contributed by atoms with van der Waals surface area (Å²) in [6.07, 6.45) is 5.31. The van der Waals surface area contributed by atoms with Crippen molar-refractivity contribution < 1.29 is 9.21 Å². The SMILES string of the molecule is O=C(c1ccoc1)N1CCCC(N2CCN(c3cccc(Cl)c3)CC2)C1. The van der Waals surface area contributed by atoms with Crippen LogP contribution in [0.5, 0.6) is 0 Å². The van der Waals surface area contributed by atoms with Crippen LogP contribution >= 0.6 is 11.6 Å². The fourth-order valence-corrected chi connectivity index (χ4v) is 4.21. The zero-order chi connectivity index (χ0) is 17.9. The molecule has 1 aromatic carbocycles. The Morgan fingerprint density at radius 3 is 2.69 bits per heavy atom. The lowest BCUT2D eigenvalue weighted by Gasteiger charge is -2.44. The van der Waals surface area contributed by atoms with Gasteiger partial charge in [0.05, 0.1) is 11.8 Å². The van der Waals surface area contributed by atoms with E-state index in [0.29, 0.717) is 11.6 Å². The number of hydrogen-bond donors (Lipinski definition) is 0. The second-order valence-electron chi connectivity index (χ2n) is 7.06. The molecule has 1 aromatic heterocycles. The van der Waals surface area contributed by atoms with Crippen molar-refractivity contribution in [2.75, 3.05) is 44.2 Å². The highest BCUT2D eigenvalue weighted by molar-refractivity contribution is 6.30. The molecule has 138 valence electrons. The molecule has 0 radical (unpaired) electrons. The molecule has 2 aliphatic rings. The molecule has 2 aromatic rings. The van der Waals surface area contributed by atoms with Crippen molar-refractivity contribution in [1.29, 1.82) is 0 Å². The van der Waals surface area contributed by atoms with E-state index in [-0.39, 0.29) is 5.91 Å². The van der Waals surface area contributed by atoms with Crippen LogP contribution in [0.1, 0.15) is 23.2 Å². The molecule has 26 heavy (non-hydrogen) atoms. The van der Waals surface area contributed by atoms with Gasteiger partial charge in [-0.05, 0) is 37.1 Å². The van der Waals surface area contributed by atoms with Gasteiger partial charge < -0.3 is 14.2 Å². The fourth-order valence-electron chi connectivity index (χ4n) is 4.02. The van der Waals surface area contributed by atoms with Crippen LogP contribution in [0.2, 0.25) is 5.02 Å². The van der Waals surface area contributed by atoms with Crippen LogP contribution in [-0.2, 0) is 0 Å². The summed E-state index contributed by atoms with van der Waals surface area (Å²) in [7, 11) is 0. The number of carbonyl (C=O) groups excluding carboxylic acids is 1. The lowest BCUT2D eigenvalue weighted by molar-refractivity contribution is 0.0563. The number of piperazine rings is 1. The van der Waals surface area contributed by atoms with E-state index in [2.05, 4.69) is 15.9 Å². The first kappa shape index (κ1) is 17.4. The van der Waals surface area contributed by atoms with Crippen LogP contribution in [0.3, 0.4) is 0 Å². The van der Waals surface area contributed by atoms with E-state index in [4.69, 9.17) is 16.0 Å². The standard InChI is InChI=1S/C20H24ClN3O2/c21-17-3-1-4-18(13-17)22-8-10-23(11-9-22)19-5-2-7-24(14-19)20(25)16-6-12-26-15-16/h1,3-4,6,12-13,15,19H,2,5,7-11,14H2. The van der Waals surface area contributed by atoms with Gasteiger partial charge in [0.2, 0.25) is 0 Å². The lowest BCUT2D eigenvalue weighted by Crippen LogP contribution is -2.55. The zero-order valence-electron chi connectivity index (χ0n) is 14.8. The van der Waals surface area contributed by atoms with E-state index in [1.807, 2.05) is 23.1 Å². The second kappa shape index (κ2) is 7.72. The Hall–Kier alpha value is -1.98. The maximum atomic E-state index is 12.6. The number of anilines is 1. The lowest BCUT2D eigenvalue weighted by atomic mass is 10.0. The second-order valence-corrected chi connectivity index (χ2v) is 7.50. The summed E-state index contributed by atoms with van der Waals surface area (Å²) >= 11 is 6.12. The molecule has 1 amide bonds. The Balaban J connectivity index is 1.34. The van der Waals surface area contributed by atoms with Gasteiger partial charge in [-0.2, -0.15) is 0 Å². The molecule has 3 heterocycles. The minimum atomic E-state index is 0.0843. The molecular weight excluding hydrogens is 350 g/mol. The molecule has 2 fully saturated rings. The number of likely N-dealkylation sites (tertiary alicyclic amines) is 1. The average molecular weight is 374 g/mol. The van der Waals surface area contributed by atoms with Crippen molar-refractivity contribution in [2.45, 2.75) is 18.9 Å². The molecule has 0 aliphatic carbocycles. The molecule has 4 rings (SSSR count). The third-order valence-electron chi connectivity index (χ3n) is 5.46. The summed E-state index contributed by atoms with van der Waals surface area (Å²) in [5, 5.41) is 0.783. The summed E-state index contributed by atoms with van der Waals surface area (Å²) in [4.78, 5) is 19.5. The van der Waals surface area contributed by atoms with Crippen molar-refractivity contribution in [3.8, 4) is 0 Å². The highest BCUT2D eigenvalue weighted by Crippen LogP contribution is 2.23. The molecule has 5 nitrogen and oxygen atoms in total. The largest absolute Gasteiger partial charge is 0.472 e. The molecule has 0 bridgehead atoms. The van der Waals surface area contributed by atoms with E-state index < -0.39 is 0 Å². The van der Waals surface area contributed by atoms with E-state index in [0.717, 1.165) is 57.1 Å². The van der Waals surface area contributed by atoms with Crippen LogP contribution in [0, 0.1) is 0 Å². The molecule has 2 aliphatic heterocycles. The summed E-state index contributed by atoms with van der Waals surface area (Å²) < 4.78 is 5.06. The first-order valence-corrected chi connectivity index (χ1v) is 9.64. The first-order chi connectivity index (χ1) is 12.7. The average Bonchev–Trinajstić information content (AvgIpc) is 3.22. The zero-order valence-corrected chi connectivity index (χ0v) is 15.6. The first-order valence-electron chi connectivity index (χ1n) is 9.27. The van der Waals surface area contributed by atoms with Gasteiger partial charge in [0.25, 0.3) is 5.91 Å². The van der Waals surface area contributed by atoms with Crippen molar-refractivity contribution in [2.24, 2.45) is 0 Å². The van der Waals surface area contributed by atoms with Gasteiger partial charge in [-0.25, -0.2) is 0 Å². The molecule has 0 N–H and O–H groups in total. The van der Waals surface area contributed by atoms with Crippen molar-refractivity contribution >= 4 is 23.2 Å². The van der Waals surface area contributed by atoms with Gasteiger partial charge in [0.1, 0.15) is 6.26 Å². The Kier molecular flexibility index (Phi) is 5.18. The Morgan fingerprint density at radius 1 is 1.12 bits per heavy atom. The maximum Gasteiger partial charge on any atom is 0.257 e. The molecule has 6 heteroatoms. The number of carbonyl (C=O) groups is 1. The van der Waals surface area contributed by atoms with E-state index >= 15 is 0 Å². The Bertz CT molecular complexity index is 741. The maximum absolute atomic E-state index is 12.6. The summed E-state index contributed by atoms with van der Waals surface area (Å²) in [6, 6.07) is 10.3. The number of piperidine rings is 1. The summed E-state index contributed by atoms with van der Waals surface area (Å²) in [5.74, 6) is 0.0843. The van der Waals surface area contributed by atoms with Crippen molar-refractivity contribution in [3.05, 3.63) is 53.4 Å². The molecular formula is C20H24ClN3O2. The van der Waals surface area contributed by atoms with Crippen molar-refractivity contribution in [3.63, 3.8) is 0 Å². The minimum absolute atomic E-state index is 0.0843.